The summed E-state index contributed by atoms with van der Waals surface area (Å²) < 4.78 is 48.2. The Hall–Kier alpha value is -2.73. The molecule has 3 aromatic rings. The summed E-state index contributed by atoms with van der Waals surface area (Å²) in [7, 11) is 0. The lowest BCUT2D eigenvalue weighted by atomic mass is 9.88. The monoisotopic (exact) mass is 410 g/mol. The van der Waals surface area contributed by atoms with Crippen LogP contribution in [0.2, 0.25) is 0 Å². The second kappa shape index (κ2) is 6.66. The highest BCUT2D eigenvalue weighted by Crippen LogP contribution is 2.44. The molecule has 0 spiro atoms. The topological polar surface area (TPSA) is 127 Å². The highest BCUT2D eigenvalue weighted by molar-refractivity contribution is 5.86. The van der Waals surface area contributed by atoms with Crippen LogP contribution in [0.25, 0.3) is 11.0 Å². The van der Waals surface area contributed by atoms with Crippen molar-refractivity contribution in [1.82, 2.24) is 14.5 Å². The Bertz CT molecular complexity index is 1090. The van der Waals surface area contributed by atoms with E-state index in [0.29, 0.717) is 17.5 Å². The summed E-state index contributed by atoms with van der Waals surface area (Å²) in [5.74, 6) is -3.92. The molecule has 1 saturated heterocycles. The number of nitrogens with zero attached hydrogens (tertiary/aromatic N) is 3. The number of aliphatic hydroxyl groups excluding tert-OH is 2. The third-order valence-electron chi connectivity index (χ3n) is 5.17. The number of hydrogen-bond acceptors (Lipinski definition) is 7. The zero-order valence-electron chi connectivity index (χ0n) is 15.0. The van der Waals surface area contributed by atoms with Crippen molar-refractivity contribution in [3.8, 4) is 0 Å². The molecule has 3 heterocycles. The molecule has 1 aromatic carbocycles. The van der Waals surface area contributed by atoms with Crippen molar-refractivity contribution in [2.75, 3.05) is 5.73 Å². The summed E-state index contributed by atoms with van der Waals surface area (Å²) in [5, 5.41) is 32.4. The van der Waals surface area contributed by atoms with Crippen LogP contribution in [0.4, 0.5) is 19.0 Å². The van der Waals surface area contributed by atoms with E-state index in [-0.39, 0.29) is 11.5 Å². The van der Waals surface area contributed by atoms with Crippen molar-refractivity contribution in [3.63, 3.8) is 0 Å². The van der Waals surface area contributed by atoms with Gasteiger partial charge in [-0.2, -0.15) is 0 Å². The van der Waals surface area contributed by atoms with Crippen LogP contribution < -0.4 is 5.73 Å². The van der Waals surface area contributed by atoms with Crippen LogP contribution >= 0.6 is 0 Å². The van der Waals surface area contributed by atoms with Gasteiger partial charge in [0.15, 0.2) is 17.9 Å². The number of halogens is 3. The van der Waals surface area contributed by atoms with Crippen molar-refractivity contribution in [1.29, 1.82) is 0 Å². The van der Waals surface area contributed by atoms with Gasteiger partial charge in [-0.1, -0.05) is 0 Å². The molecule has 154 valence electrons. The first kappa shape index (κ1) is 19.6. The number of nitrogens with two attached hydrogens (primary N) is 1. The standard InChI is InChI=1S/C18H17F3N4O4/c1-18(28)13(27)17(25-3-2-8-15(22)23-6-24-16(8)25)29-14(18)12(26)9-4-7(19)5-10(20)11(9)21/h2-6,12-14,17,26-28H,1H3,(H2,22,23,24)/t12-,13-,14+,17+,18-/m0/s1. The quantitative estimate of drug-likeness (QED) is 0.478. The van der Waals surface area contributed by atoms with E-state index in [1.165, 1.54) is 17.1 Å². The highest BCUT2D eigenvalue weighted by atomic mass is 19.2. The number of anilines is 1. The molecule has 0 bridgehead atoms. The molecule has 0 radical (unpaired) electrons. The number of nitrogen functional groups attached to an aromatic ring is 1. The lowest BCUT2D eigenvalue weighted by molar-refractivity contribution is -0.115. The second-order valence-corrected chi connectivity index (χ2v) is 7.07. The van der Waals surface area contributed by atoms with E-state index in [4.69, 9.17) is 10.5 Å². The Labute approximate surface area is 162 Å². The van der Waals surface area contributed by atoms with Gasteiger partial charge in [0.05, 0.1) is 5.39 Å². The first-order valence-corrected chi connectivity index (χ1v) is 8.58. The van der Waals surface area contributed by atoms with Crippen molar-refractivity contribution in [2.45, 2.75) is 37.1 Å². The largest absolute Gasteiger partial charge is 0.385 e. The molecular formula is C18H17F3N4O4. The van der Waals surface area contributed by atoms with Gasteiger partial charge in [-0.25, -0.2) is 23.1 Å². The minimum absolute atomic E-state index is 0.182. The molecule has 0 aliphatic carbocycles. The Morgan fingerprint density at radius 2 is 2.00 bits per heavy atom. The zero-order valence-corrected chi connectivity index (χ0v) is 15.0. The molecule has 29 heavy (non-hydrogen) atoms. The fourth-order valence-corrected chi connectivity index (χ4v) is 3.58. The van der Waals surface area contributed by atoms with Crippen LogP contribution in [0.5, 0.6) is 0 Å². The van der Waals surface area contributed by atoms with E-state index in [1.54, 1.807) is 6.07 Å². The smallest absolute Gasteiger partial charge is 0.164 e. The van der Waals surface area contributed by atoms with Gasteiger partial charge in [-0.05, 0) is 19.1 Å². The normalized spacial score (nSPS) is 28.2. The molecule has 1 aliphatic heterocycles. The number of ether oxygens (including phenoxy) is 1. The first-order valence-electron chi connectivity index (χ1n) is 8.58. The van der Waals surface area contributed by atoms with E-state index in [9.17, 15) is 28.5 Å². The fraction of sp³-hybridized carbons (Fsp3) is 0.333. The molecule has 11 heteroatoms. The van der Waals surface area contributed by atoms with Gasteiger partial charge in [-0.3, -0.25) is 0 Å². The molecule has 1 fully saturated rings. The maximum absolute atomic E-state index is 14.1. The summed E-state index contributed by atoms with van der Waals surface area (Å²) in [6.07, 6.45) is -3.76. The Balaban J connectivity index is 1.74. The third kappa shape index (κ3) is 2.94. The highest BCUT2D eigenvalue weighted by Gasteiger charge is 2.56. The molecule has 0 saturated carbocycles. The number of fused-ring (bicyclic) bond motifs is 1. The summed E-state index contributed by atoms with van der Waals surface area (Å²) in [5.41, 5.74) is 3.22. The van der Waals surface area contributed by atoms with E-state index < -0.39 is 53.2 Å². The zero-order chi connectivity index (χ0) is 21.1. The van der Waals surface area contributed by atoms with Crippen LogP contribution in [0.3, 0.4) is 0 Å². The molecule has 5 N–H and O–H groups in total. The lowest BCUT2D eigenvalue weighted by Gasteiger charge is -2.29. The van der Waals surface area contributed by atoms with Crippen molar-refractivity contribution >= 4 is 16.9 Å². The van der Waals surface area contributed by atoms with Gasteiger partial charge < -0.3 is 30.4 Å². The molecule has 1 aliphatic rings. The maximum atomic E-state index is 14.1. The van der Waals surface area contributed by atoms with Crippen molar-refractivity contribution in [2.24, 2.45) is 0 Å². The lowest BCUT2D eigenvalue weighted by Crippen LogP contribution is -2.47. The molecule has 0 unspecified atom stereocenters. The fourth-order valence-electron chi connectivity index (χ4n) is 3.58. The minimum atomic E-state index is -2.10. The predicted molar refractivity (Wildman–Crippen MR) is 93.8 cm³/mol. The van der Waals surface area contributed by atoms with Gasteiger partial charge in [0.2, 0.25) is 0 Å². The van der Waals surface area contributed by atoms with E-state index in [0.717, 1.165) is 6.92 Å². The van der Waals surface area contributed by atoms with Crippen LogP contribution in [0.1, 0.15) is 24.8 Å². The third-order valence-corrected chi connectivity index (χ3v) is 5.17. The molecular weight excluding hydrogens is 393 g/mol. The van der Waals surface area contributed by atoms with Gasteiger partial charge in [0.25, 0.3) is 0 Å². The van der Waals surface area contributed by atoms with Crippen LogP contribution in [-0.2, 0) is 4.74 Å². The van der Waals surface area contributed by atoms with E-state index in [1.807, 2.05) is 0 Å². The SMILES string of the molecule is C[C@@]1(O)[C@@H]([C@@H](O)c2cc(F)cc(F)c2F)O[C@@H](n2ccc3c(N)ncnc32)[C@@H]1O. The maximum Gasteiger partial charge on any atom is 0.164 e. The van der Waals surface area contributed by atoms with Crippen LogP contribution in [-0.4, -0.2) is 47.7 Å². The van der Waals surface area contributed by atoms with Crippen LogP contribution in [0, 0.1) is 17.5 Å². The summed E-state index contributed by atoms with van der Waals surface area (Å²) in [4.78, 5) is 7.92. The minimum Gasteiger partial charge on any atom is -0.385 e. The predicted octanol–water partition coefficient (Wildman–Crippen LogP) is 1.17. The van der Waals surface area contributed by atoms with E-state index >= 15 is 0 Å². The first-order chi connectivity index (χ1) is 13.6. The number of benzene rings is 1. The van der Waals surface area contributed by atoms with Crippen LogP contribution in [0.15, 0.2) is 30.7 Å². The second-order valence-electron chi connectivity index (χ2n) is 7.07. The Kier molecular flexibility index (Phi) is 4.50. The molecule has 5 atom stereocenters. The van der Waals surface area contributed by atoms with Crippen molar-refractivity contribution in [3.05, 3.63) is 53.7 Å². The van der Waals surface area contributed by atoms with E-state index in [2.05, 4.69) is 9.97 Å². The van der Waals surface area contributed by atoms with Crippen molar-refractivity contribution < 1.29 is 33.2 Å². The molecule has 4 rings (SSSR count). The Morgan fingerprint density at radius 1 is 1.28 bits per heavy atom. The molecule has 2 aromatic heterocycles. The van der Waals surface area contributed by atoms with Gasteiger partial charge in [-0.15, -0.1) is 0 Å². The molecule has 0 amide bonds. The summed E-state index contributed by atoms with van der Waals surface area (Å²) >= 11 is 0. The number of rotatable bonds is 3. The Morgan fingerprint density at radius 3 is 2.72 bits per heavy atom. The van der Waals surface area contributed by atoms with Gasteiger partial charge >= 0.3 is 0 Å². The number of hydrogen-bond donors (Lipinski definition) is 4. The summed E-state index contributed by atoms with van der Waals surface area (Å²) in [6.45, 7) is 1.16. The molecule has 8 nitrogen and oxygen atoms in total. The van der Waals surface area contributed by atoms with Gasteiger partial charge in [0, 0.05) is 17.8 Å². The average Bonchev–Trinajstić information content (AvgIpc) is 3.18. The number of aromatic nitrogens is 3. The van der Waals surface area contributed by atoms with Gasteiger partial charge in [0.1, 0.15) is 47.5 Å². The summed E-state index contributed by atoms with van der Waals surface area (Å²) in [6, 6.07) is 2.50. The average molecular weight is 410 g/mol. The number of aliphatic hydroxyl groups is 3.